The third kappa shape index (κ3) is 4.10. The lowest BCUT2D eigenvalue weighted by Gasteiger charge is -2.23. The molecule has 0 unspecified atom stereocenters. The SMILES string of the molecule is CCS(=O)(=O)c1ccc(S(=O)(=O)N(Cc2ccco2)c2ccc(F)cc2)cc1. The first-order valence-electron chi connectivity index (χ1n) is 8.37. The first-order valence-corrected chi connectivity index (χ1v) is 11.5. The zero-order chi connectivity index (χ0) is 20.4. The highest BCUT2D eigenvalue weighted by molar-refractivity contribution is 7.93. The molecule has 2 aromatic carbocycles. The smallest absolute Gasteiger partial charge is 0.264 e. The van der Waals surface area contributed by atoms with Crippen LogP contribution in [0.3, 0.4) is 0 Å². The Morgan fingerprint density at radius 3 is 2.04 bits per heavy atom. The van der Waals surface area contributed by atoms with E-state index in [4.69, 9.17) is 4.42 Å². The van der Waals surface area contributed by atoms with Gasteiger partial charge in [0.15, 0.2) is 9.84 Å². The van der Waals surface area contributed by atoms with Gasteiger partial charge in [-0.3, -0.25) is 4.31 Å². The molecule has 3 aromatic rings. The second-order valence-corrected chi connectivity index (χ2v) is 10.1. The van der Waals surface area contributed by atoms with E-state index in [1.54, 1.807) is 12.1 Å². The van der Waals surface area contributed by atoms with Gasteiger partial charge in [-0.25, -0.2) is 21.2 Å². The summed E-state index contributed by atoms with van der Waals surface area (Å²) < 4.78 is 70.0. The highest BCUT2D eigenvalue weighted by atomic mass is 32.2. The zero-order valence-electron chi connectivity index (χ0n) is 14.9. The van der Waals surface area contributed by atoms with Gasteiger partial charge >= 0.3 is 0 Å². The summed E-state index contributed by atoms with van der Waals surface area (Å²) in [6.45, 7) is 1.41. The summed E-state index contributed by atoms with van der Waals surface area (Å²) in [5, 5.41) is 0. The molecule has 0 atom stereocenters. The molecule has 0 amide bonds. The van der Waals surface area contributed by atoms with Crippen LogP contribution in [0, 0.1) is 5.82 Å². The van der Waals surface area contributed by atoms with Gasteiger partial charge in [0.2, 0.25) is 0 Å². The van der Waals surface area contributed by atoms with Gasteiger partial charge in [0, 0.05) is 0 Å². The number of hydrogen-bond donors (Lipinski definition) is 0. The van der Waals surface area contributed by atoms with Gasteiger partial charge in [0.05, 0.1) is 34.0 Å². The molecule has 1 aromatic heterocycles. The van der Waals surface area contributed by atoms with E-state index in [9.17, 15) is 21.2 Å². The molecular formula is C19H18FNO5S2. The quantitative estimate of drug-likeness (QED) is 0.580. The van der Waals surface area contributed by atoms with E-state index in [1.807, 2.05) is 0 Å². The Morgan fingerprint density at radius 2 is 1.50 bits per heavy atom. The Kier molecular flexibility index (Phi) is 5.57. The van der Waals surface area contributed by atoms with E-state index in [-0.39, 0.29) is 27.8 Å². The predicted octanol–water partition coefficient (Wildman–Crippen LogP) is 3.61. The van der Waals surface area contributed by atoms with Crippen molar-refractivity contribution in [2.75, 3.05) is 10.1 Å². The second kappa shape index (κ2) is 7.76. The predicted molar refractivity (Wildman–Crippen MR) is 103 cm³/mol. The molecule has 1 heterocycles. The minimum atomic E-state index is -4.06. The number of halogens is 1. The van der Waals surface area contributed by atoms with Gasteiger partial charge in [0.25, 0.3) is 10.0 Å². The summed E-state index contributed by atoms with van der Waals surface area (Å²) in [6.07, 6.45) is 1.43. The van der Waals surface area contributed by atoms with Crippen LogP contribution in [0.15, 0.2) is 81.1 Å². The fourth-order valence-corrected chi connectivity index (χ4v) is 4.89. The van der Waals surface area contributed by atoms with Crippen LogP contribution in [0.1, 0.15) is 12.7 Å². The third-order valence-electron chi connectivity index (χ3n) is 4.15. The normalized spacial score (nSPS) is 12.1. The van der Waals surface area contributed by atoms with Crippen LogP contribution in [0.4, 0.5) is 10.1 Å². The molecule has 0 bridgehead atoms. The number of furan rings is 1. The first-order chi connectivity index (χ1) is 13.2. The van der Waals surface area contributed by atoms with Crippen molar-refractivity contribution in [1.29, 1.82) is 0 Å². The molecule has 0 N–H and O–H groups in total. The topological polar surface area (TPSA) is 84.7 Å². The molecule has 0 saturated carbocycles. The van der Waals surface area contributed by atoms with Crippen LogP contribution in [0.5, 0.6) is 0 Å². The summed E-state index contributed by atoms with van der Waals surface area (Å²) in [4.78, 5) is -0.0354. The summed E-state index contributed by atoms with van der Waals surface area (Å²) in [5.74, 6) is -0.175. The van der Waals surface area contributed by atoms with Crippen molar-refractivity contribution < 1.29 is 25.6 Å². The number of sulfone groups is 1. The third-order valence-corrected chi connectivity index (χ3v) is 7.68. The zero-order valence-corrected chi connectivity index (χ0v) is 16.6. The lowest BCUT2D eigenvalue weighted by Crippen LogP contribution is -2.30. The molecule has 9 heteroatoms. The van der Waals surface area contributed by atoms with Crippen LogP contribution < -0.4 is 4.31 Å². The van der Waals surface area contributed by atoms with Crippen molar-refractivity contribution in [3.63, 3.8) is 0 Å². The largest absolute Gasteiger partial charge is 0.467 e. The summed E-state index contributed by atoms with van der Waals surface area (Å²) >= 11 is 0. The van der Waals surface area contributed by atoms with E-state index in [1.165, 1.54) is 49.6 Å². The van der Waals surface area contributed by atoms with Crippen LogP contribution in [0.2, 0.25) is 0 Å². The van der Waals surface area contributed by atoms with Crippen LogP contribution in [0.25, 0.3) is 0 Å². The fourth-order valence-electron chi connectivity index (χ4n) is 2.58. The molecule has 0 aliphatic rings. The molecule has 0 aliphatic carbocycles. The molecule has 148 valence electrons. The highest BCUT2D eigenvalue weighted by Crippen LogP contribution is 2.27. The summed E-state index contributed by atoms with van der Waals surface area (Å²) in [7, 11) is -7.50. The standard InChI is InChI=1S/C19H18FNO5S2/c1-2-27(22,23)18-9-11-19(12-10-18)28(24,25)21(14-17-4-3-13-26-17)16-7-5-15(20)6-8-16/h3-13H,2,14H2,1H3. The Labute approximate surface area is 163 Å². The number of anilines is 1. The maximum Gasteiger partial charge on any atom is 0.264 e. The van der Waals surface area contributed by atoms with Crippen molar-refractivity contribution in [2.45, 2.75) is 23.3 Å². The average molecular weight is 423 g/mol. The van der Waals surface area contributed by atoms with Gasteiger partial charge in [-0.15, -0.1) is 0 Å². The van der Waals surface area contributed by atoms with E-state index in [0.717, 1.165) is 16.4 Å². The number of hydrogen-bond acceptors (Lipinski definition) is 5. The molecule has 0 spiro atoms. The lowest BCUT2D eigenvalue weighted by atomic mass is 10.3. The van der Waals surface area contributed by atoms with Gasteiger partial charge in [0.1, 0.15) is 11.6 Å². The number of sulfonamides is 1. The van der Waals surface area contributed by atoms with Gasteiger partial charge in [-0.1, -0.05) is 6.92 Å². The van der Waals surface area contributed by atoms with Crippen molar-refractivity contribution in [3.05, 3.63) is 78.5 Å². The average Bonchev–Trinajstić information content (AvgIpc) is 3.20. The minimum Gasteiger partial charge on any atom is -0.467 e. The molecule has 0 radical (unpaired) electrons. The van der Waals surface area contributed by atoms with Crippen LogP contribution in [-0.4, -0.2) is 22.6 Å². The van der Waals surface area contributed by atoms with Crippen molar-refractivity contribution in [3.8, 4) is 0 Å². The molecular weight excluding hydrogens is 405 g/mol. The minimum absolute atomic E-state index is 0.0494. The Balaban J connectivity index is 2.03. The molecule has 0 fully saturated rings. The van der Waals surface area contributed by atoms with Gasteiger partial charge in [-0.05, 0) is 60.7 Å². The number of nitrogens with zero attached hydrogens (tertiary/aromatic N) is 1. The molecule has 3 rings (SSSR count). The van der Waals surface area contributed by atoms with Crippen molar-refractivity contribution in [2.24, 2.45) is 0 Å². The molecule has 0 saturated heterocycles. The molecule has 28 heavy (non-hydrogen) atoms. The maximum absolute atomic E-state index is 13.3. The van der Waals surface area contributed by atoms with E-state index >= 15 is 0 Å². The summed E-state index contributed by atoms with van der Waals surface area (Å²) in [6, 6.07) is 13.3. The van der Waals surface area contributed by atoms with Gasteiger partial charge < -0.3 is 4.42 Å². The lowest BCUT2D eigenvalue weighted by molar-refractivity contribution is 0.508. The Morgan fingerprint density at radius 1 is 0.893 bits per heavy atom. The van der Waals surface area contributed by atoms with Crippen molar-refractivity contribution >= 4 is 25.5 Å². The Bertz CT molecular complexity index is 1140. The maximum atomic E-state index is 13.3. The first kappa shape index (κ1) is 20.1. The Hall–Kier alpha value is -2.65. The van der Waals surface area contributed by atoms with E-state index in [2.05, 4.69) is 0 Å². The van der Waals surface area contributed by atoms with E-state index in [0.29, 0.717) is 5.76 Å². The van der Waals surface area contributed by atoms with Gasteiger partial charge in [-0.2, -0.15) is 0 Å². The van der Waals surface area contributed by atoms with E-state index < -0.39 is 25.7 Å². The van der Waals surface area contributed by atoms with Crippen molar-refractivity contribution in [1.82, 2.24) is 0 Å². The second-order valence-electron chi connectivity index (χ2n) is 5.94. The fraction of sp³-hybridized carbons (Fsp3) is 0.158. The summed E-state index contributed by atoms with van der Waals surface area (Å²) in [5.41, 5.74) is 0.253. The molecule has 6 nitrogen and oxygen atoms in total. The number of benzene rings is 2. The highest BCUT2D eigenvalue weighted by Gasteiger charge is 2.26. The molecule has 0 aliphatic heterocycles. The number of rotatable bonds is 7. The van der Waals surface area contributed by atoms with Crippen LogP contribution >= 0.6 is 0 Å². The van der Waals surface area contributed by atoms with Crippen LogP contribution in [-0.2, 0) is 26.4 Å². The monoisotopic (exact) mass is 423 g/mol.